The smallest absolute Gasteiger partial charge is 0.251 e. The number of aliphatic hydroxyl groups excluding tert-OH is 2. The van der Waals surface area contributed by atoms with Crippen LogP contribution < -0.4 is 39.6 Å². The lowest BCUT2D eigenvalue weighted by molar-refractivity contribution is -0.121. The first-order valence-corrected chi connectivity index (χ1v) is 44.7. The van der Waals surface area contributed by atoms with Crippen molar-refractivity contribution in [2.75, 3.05) is 51.5 Å². The number of nitrogens with one attached hydrogen (secondary N) is 4. The summed E-state index contributed by atoms with van der Waals surface area (Å²) in [6.45, 7) is 4.74. The lowest BCUT2D eigenvalue weighted by atomic mass is 9.88. The molecule has 0 unspecified atom stereocenters. The number of aliphatic hydroxyl groups is 2. The molecule has 125 heavy (non-hydrogen) atoms. The number of hydrogen-bond donors (Lipinski definition) is 6. The van der Waals surface area contributed by atoms with Crippen LogP contribution >= 0.6 is 0 Å². The average Bonchev–Trinajstić information content (AvgIpc) is 1.60. The Balaban J connectivity index is 0.000000179. The number of Topliss-reactive ketones (excluding diaryl/α,β-unsaturated/α-hetero) is 2. The number of sulfonamides is 2. The second-order valence-corrected chi connectivity index (χ2v) is 36.2. The number of amides is 3. The summed E-state index contributed by atoms with van der Waals surface area (Å²) in [7, 11) is -4.16. The van der Waals surface area contributed by atoms with E-state index < -0.39 is 41.7 Å². The number of pyridine rings is 4. The minimum absolute atomic E-state index is 0. The fraction of sp³-hybridized carbons (Fsp3) is 0.263. The second-order valence-electron chi connectivity index (χ2n) is 32.5. The molecule has 26 heteroatoms. The van der Waals surface area contributed by atoms with Crippen LogP contribution in [0.5, 0.6) is 23.0 Å². The van der Waals surface area contributed by atoms with Gasteiger partial charge in [0, 0.05) is 92.6 Å². The number of aromatic nitrogens is 4. The van der Waals surface area contributed by atoms with Gasteiger partial charge in [0.15, 0.2) is 23.0 Å². The minimum Gasteiger partial charge on any atom is -0.454 e. The Hall–Kier alpha value is -13.0. The van der Waals surface area contributed by atoms with Crippen molar-refractivity contribution < 1.29 is 78.5 Å². The van der Waals surface area contributed by atoms with E-state index in [0.717, 1.165) is 159 Å². The molecular formula is C99H107N9O15S2. The maximum Gasteiger partial charge on any atom is 0.251 e. The van der Waals surface area contributed by atoms with E-state index in [1.807, 2.05) is 196 Å². The molecule has 3 amide bonds. The number of benzene rings is 8. The standard InChI is InChI=1S/C26H27N3O4S.C26H24N2O4.C25H23NO4.C22H21N3O3S.6H2/c30-18-21-8-5-17-29(21)34(32,33)22-13-11-19(12-14-22)23-9-4-10-24(27-23)28-25(31)26(15-16-26)20-6-2-1-3-7-20;1-16-10-20(28-14-21(16)17-4-3-5-18(11-17)25(30)27-2)13-24(29)26(8-9-26)19-6-7-22-23(12-19)32-15-31-22;1-16-9-20(26-13-21(16)18-4-2-3-17(10-18)14-27)12-24(28)25(7-8-25)19-5-6-22-23(11-19)30-15-29-22;1-23-29(27,28)18-12-10-16(11-13-18)19-8-5-9-20(24-19)25-21(26)22(14-15-22)17-6-3-2-4-7-17;;;;;;/h1-4,6-7,9-14,21,30H,5,8,15-18H2,(H,27,28,31);3-7,10-12,14H,8-9,13,15H2,1-2H3,(H,27,30);2-6,9-11,13,27H,7-8,12,14-15H2,1H3;2-13,23H,14-15H2,1H3,(H,24,25,26);6*1H/t21-;;;;;;;;;/m1........./s1. The predicted octanol–water partition coefficient (Wildman–Crippen LogP) is 16.5. The molecule has 1 saturated heterocycles. The summed E-state index contributed by atoms with van der Waals surface area (Å²) < 4.78 is 75.2. The normalized spacial score (nSPS) is 16.5. The highest BCUT2D eigenvalue weighted by molar-refractivity contribution is 7.89. The molecule has 650 valence electrons. The van der Waals surface area contributed by atoms with Gasteiger partial charge in [0.05, 0.1) is 56.1 Å². The Morgan fingerprint density at radius 1 is 0.464 bits per heavy atom. The van der Waals surface area contributed by atoms with E-state index >= 15 is 0 Å². The number of ketones is 2. The molecule has 12 aromatic rings. The van der Waals surface area contributed by atoms with Crippen LogP contribution in [0.3, 0.4) is 0 Å². The Bertz CT molecular complexity index is 6360. The highest BCUT2D eigenvalue weighted by Crippen LogP contribution is 2.54. The molecule has 4 aliphatic carbocycles. The Labute approximate surface area is 734 Å². The average molecular weight is 1730 g/mol. The maximum atomic E-state index is 13.3. The van der Waals surface area contributed by atoms with Gasteiger partial charge >= 0.3 is 0 Å². The SMILES string of the molecule is CNC(=O)c1cccc(-c2cnc(CC(=O)C3(c4ccc5c(c4)OCO5)CC3)cc2C)c1.CNS(=O)(=O)c1ccc(-c2cccc(NC(=O)C3(c4ccccc4)CC3)n2)cc1.Cc1cc(CC(=O)C2(c3ccc4c(c3)OCO4)CC2)ncc1-c1cccc(CO)c1.O=C(Nc1cccc(-c2ccc(S(=O)(=O)N3CCC[C@@H]3CO)cc2)n1)C1(c2ccccc2)CC1.[HH].[HH].[HH].[HH].[HH].[HH]. The number of carbonyl (C=O) groups is 5. The highest BCUT2D eigenvalue weighted by Gasteiger charge is 2.54. The number of rotatable bonds is 25. The lowest BCUT2D eigenvalue weighted by Crippen LogP contribution is -2.37. The second kappa shape index (κ2) is 36.1. The van der Waals surface area contributed by atoms with Crippen molar-refractivity contribution in [3.05, 3.63) is 311 Å². The molecule has 8 aromatic carbocycles. The number of anilines is 2. The molecule has 7 heterocycles. The van der Waals surface area contributed by atoms with Crippen LogP contribution in [0, 0.1) is 13.8 Å². The monoisotopic (exact) mass is 1730 g/mol. The van der Waals surface area contributed by atoms with Gasteiger partial charge in [0.1, 0.15) is 23.2 Å². The van der Waals surface area contributed by atoms with Gasteiger partial charge in [-0.1, -0.05) is 140 Å². The van der Waals surface area contributed by atoms with Gasteiger partial charge in [-0.25, -0.2) is 31.5 Å². The van der Waals surface area contributed by atoms with E-state index in [0.29, 0.717) is 53.7 Å². The van der Waals surface area contributed by atoms with Gasteiger partial charge in [0.25, 0.3) is 5.91 Å². The number of fused-ring (bicyclic) bond motifs is 2. The number of ether oxygens (including phenoxy) is 4. The van der Waals surface area contributed by atoms with Gasteiger partial charge in [0.2, 0.25) is 45.4 Å². The van der Waals surface area contributed by atoms with E-state index in [4.69, 9.17) is 18.9 Å². The summed E-state index contributed by atoms with van der Waals surface area (Å²) >= 11 is 0. The predicted molar refractivity (Wildman–Crippen MR) is 487 cm³/mol. The summed E-state index contributed by atoms with van der Waals surface area (Å²) in [4.78, 5) is 83.0. The van der Waals surface area contributed by atoms with Crippen LogP contribution in [-0.2, 0) is 80.3 Å². The molecule has 6 N–H and O–H groups in total. The minimum atomic E-state index is -3.66. The number of nitrogens with zero attached hydrogens (tertiary/aromatic N) is 5. The van der Waals surface area contributed by atoms with E-state index in [-0.39, 0.29) is 86.9 Å². The molecule has 0 spiro atoms. The topological polar surface area (TPSA) is 334 Å². The fourth-order valence-electron chi connectivity index (χ4n) is 16.6. The van der Waals surface area contributed by atoms with Crippen LogP contribution in [0.25, 0.3) is 44.8 Å². The summed E-state index contributed by atoms with van der Waals surface area (Å²) in [5.74, 6) is 3.96. The third-order valence-electron chi connectivity index (χ3n) is 24.5. The number of carbonyl (C=O) groups excluding carboxylic acids is 5. The van der Waals surface area contributed by atoms with E-state index in [1.54, 1.807) is 67.8 Å². The van der Waals surface area contributed by atoms with Crippen molar-refractivity contribution in [1.29, 1.82) is 0 Å². The molecule has 4 aromatic heterocycles. The fourth-order valence-corrected chi connectivity index (χ4v) is 19.0. The first kappa shape index (κ1) is 85.6. The van der Waals surface area contributed by atoms with E-state index in [9.17, 15) is 51.0 Å². The summed E-state index contributed by atoms with van der Waals surface area (Å²) in [5, 5.41) is 27.4. The zero-order valence-electron chi connectivity index (χ0n) is 69.6. The van der Waals surface area contributed by atoms with E-state index in [1.165, 1.54) is 23.5 Å². The molecule has 5 fully saturated rings. The van der Waals surface area contributed by atoms with Crippen molar-refractivity contribution in [3.8, 4) is 67.8 Å². The van der Waals surface area contributed by atoms with Crippen molar-refractivity contribution >= 4 is 61.0 Å². The summed E-state index contributed by atoms with van der Waals surface area (Å²) in [6.07, 6.45) is 12.3. The van der Waals surface area contributed by atoms with Crippen molar-refractivity contribution in [3.63, 3.8) is 0 Å². The summed E-state index contributed by atoms with van der Waals surface area (Å²) in [5.41, 5.74) is 14.0. The van der Waals surface area contributed by atoms with Crippen LogP contribution in [-0.4, -0.2) is 127 Å². The molecular weight excluding hydrogens is 1620 g/mol. The number of aryl methyl sites for hydroxylation is 2. The molecule has 1 atom stereocenters. The molecule has 0 bridgehead atoms. The molecule has 24 nitrogen and oxygen atoms in total. The third-order valence-corrected chi connectivity index (χ3v) is 27.9. The van der Waals surface area contributed by atoms with Crippen molar-refractivity contribution in [2.45, 2.75) is 135 Å². The van der Waals surface area contributed by atoms with Crippen LogP contribution in [0.1, 0.15) is 133 Å². The molecule has 7 aliphatic rings. The first-order valence-electron chi connectivity index (χ1n) is 41.7. The van der Waals surface area contributed by atoms with Gasteiger partial charge in [-0.2, -0.15) is 4.31 Å². The van der Waals surface area contributed by atoms with Crippen molar-refractivity contribution in [1.82, 2.24) is 34.3 Å². The van der Waals surface area contributed by atoms with E-state index in [2.05, 4.69) is 40.6 Å². The summed E-state index contributed by atoms with van der Waals surface area (Å²) in [6, 6.07) is 73.9. The van der Waals surface area contributed by atoms with Crippen LogP contribution in [0.15, 0.2) is 265 Å². The number of hydrogen-bond acceptors (Lipinski definition) is 19. The quantitative estimate of drug-likeness (QED) is 0.0309. The third kappa shape index (κ3) is 18.4. The van der Waals surface area contributed by atoms with Gasteiger partial charge in [-0.05, 0) is 238 Å². The largest absolute Gasteiger partial charge is 0.454 e. The maximum absolute atomic E-state index is 13.3. The van der Waals surface area contributed by atoms with Crippen LogP contribution in [0.4, 0.5) is 11.6 Å². The van der Waals surface area contributed by atoms with Crippen LogP contribution in [0.2, 0.25) is 0 Å². The Morgan fingerprint density at radius 2 is 0.912 bits per heavy atom. The molecule has 3 aliphatic heterocycles. The Kier molecular flexibility index (Phi) is 24.7. The Morgan fingerprint density at radius 3 is 1.35 bits per heavy atom. The zero-order valence-corrected chi connectivity index (χ0v) is 71.2. The van der Waals surface area contributed by atoms with Gasteiger partial charge in [-0.15, -0.1) is 0 Å². The van der Waals surface area contributed by atoms with Gasteiger partial charge < -0.3 is 45.1 Å². The first-order chi connectivity index (χ1) is 60.5. The van der Waals surface area contributed by atoms with Crippen molar-refractivity contribution in [2.24, 2.45) is 0 Å². The molecule has 0 radical (unpaired) electrons. The van der Waals surface area contributed by atoms with Gasteiger partial charge in [-0.3, -0.25) is 33.9 Å². The molecule has 4 saturated carbocycles. The highest BCUT2D eigenvalue weighted by atomic mass is 32.2. The molecule has 19 rings (SSSR count). The zero-order chi connectivity index (χ0) is 87.3. The lowest BCUT2D eigenvalue weighted by Gasteiger charge is -2.22.